The Kier molecular flexibility index (Phi) is 6.99. The van der Waals surface area contributed by atoms with Crippen LogP contribution < -0.4 is 10.1 Å². The molecule has 0 fully saturated rings. The van der Waals surface area contributed by atoms with E-state index in [2.05, 4.69) is 15.5 Å². The number of para-hydroxylation sites is 2. The smallest absolute Gasteiger partial charge is 0.316 e. The third kappa shape index (κ3) is 5.54. The molecule has 0 aliphatic carbocycles. The van der Waals surface area contributed by atoms with E-state index in [1.807, 2.05) is 30.3 Å². The van der Waals surface area contributed by atoms with Gasteiger partial charge in [-0.15, -0.1) is 10.2 Å². The normalized spacial score (nSPS) is 10.3. The minimum Gasteiger partial charge on any atom is -0.465 e. The zero-order chi connectivity index (χ0) is 19.8. The van der Waals surface area contributed by atoms with Crippen LogP contribution in [0, 0.1) is 0 Å². The maximum Gasteiger partial charge on any atom is 0.316 e. The topological polar surface area (TPSA) is 90.4 Å². The average molecular weight is 415 g/mol. The van der Waals surface area contributed by atoms with E-state index in [-0.39, 0.29) is 17.6 Å². The Hall–Kier alpha value is -2.91. The van der Waals surface area contributed by atoms with Crippen molar-refractivity contribution in [2.45, 2.75) is 11.3 Å². The van der Waals surface area contributed by atoms with Gasteiger partial charge in [-0.25, -0.2) is 0 Å². The van der Waals surface area contributed by atoms with Gasteiger partial charge in [0.05, 0.1) is 17.9 Å². The largest absolute Gasteiger partial charge is 0.465 e. The van der Waals surface area contributed by atoms with Gasteiger partial charge in [-0.05, 0) is 31.2 Å². The molecule has 28 heavy (non-hydrogen) atoms. The molecule has 9 heteroatoms. The number of carbonyl (C=O) groups is 2. The molecule has 0 saturated carbocycles. The summed E-state index contributed by atoms with van der Waals surface area (Å²) in [5.41, 5.74) is 0.377. The van der Waals surface area contributed by atoms with Crippen molar-refractivity contribution in [2.75, 3.05) is 17.7 Å². The summed E-state index contributed by atoms with van der Waals surface area (Å²) in [5, 5.41) is 11.0. The predicted octanol–water partition coefficient (Wildman–Crippen LogP) is 4.24. The molecular weight excluding hydrogens is 398 g/mol. The van der Waals surface area contributed by atoms with Gasteiger partial charge in [-0.3, -0.25) is 14.9 Å². The van der Waals surface area contributed by atoms with Crippen molar-refractivity contribution in [1.82, 2.24) is 10.2 Å². The maximum absolute atomic E-state index is 12.7. The number of benzene rings is 2. The van der Waals surface area contributed by atoms with Crippen LogP contribution in [-0.4, -0.2) is 34.4 Å². The third-order valence-corrected chi connectivity index (χ3v) is 5.29. The van der Waals surface area contributed by atoms with Crippen LogP contribution in [0.5, 0.6) is 11.5 Å². The van der Waals surface area contributed by atoms with E-state index in [1.165, 1.54) is 23.1 Å². The predicted molar refractivity (Wildman–Crippen MR) is 108 cm³/mol. The molecule has 0 aliphatic heterocycles. The minimum absolute atomic E-state index is 0.143. The first-order valence-electron chi connectivity index (χ1n) is 8.41. The molecular formula is C19H17N3O4S2. The van der Waals surface area contributed by atoms with E-state index in [1.54, 1.807) is 31.2 Å². The average Bonchev–Trinajstić information content (AvgIpc) is 3.15. The zero-order valence-electron chi connectivity index (χ0n) is 15.0. The van der Waals surface area contributed by atoms with Crippen LogP contribution in [-0.2, 0) is 9.53 Å². The van der Waals surface area contributed by atoms with Crippen molar-refractivity contribution in [1.29, 1.82) is 0 Å². The fourth-order valence-electron chi connectivity index (χ4n) is 2.17. The highest BCUT2D eigenvalue weighted by Gasteiger charge is 2.16. The number of hydrogen-bond acceptors (Lipinski definition) is 8. The molecule has 1 N–H and O–H groups in total. The van der Waals surface area contributed by atoms with Crippen LogP contribution >= 0.6 is 23.1 Å². The number of nitrogens with one attached hydrogen (secondary N) is 1. The van der Waals surface area contributed by atoms with Gasteiger partial charge in [0.1, 0.15) is 11.5 Å². The van der Waals surface area contributed by atoms with Crippen molar-refractivity contribution in [3.8, 4) is 11.5 Å². The lowest BCUT2D eigenvalue weighted by Gasteiger charge is -2.10. The molecule has 0 unspecified atom stereocenters. The molecule has 3 rings (SSSR count). The highest BCUT2D eigenvalue weighted by atomic mass is 32.2. The second-order valence-corrected chi connectivity index (χ2v) is 7.53. The number of hydrogen-bond donors (Lipinski definition) is 1. The van der Waals surface area contributed by atoms with Crippen LogP contribution in [0.15, 0.2) is 58.9 Å². The van der Waals surface area contributed by atoms with Crippen molar-refractivity contribution in [3.63, 3.8) is 0 Å². The molecule has 144 valence electrons. The zero-order valence-corrected chi connectivity index (χ0v) is 16.6. The second-order valence-electron chi connectivity index (χ2n) is 5.33. The van der Waals surface area contributed by atoms with Crippen molar-refractivity contribution >= 4 is 40.1 Å². The summed E-state index contributed by atoms with van der Waals surface area (Å²) >= 11 is 2.40. The molecule has 1 aromatic heterocycles. The molecule has 0 atom stereocenters. The summed E-state index contributed by atoms with van der Waals surface area (Å²) in [6.07, 6.45) is 0. The molecule has 3 aromatic rings. The maximum atomic E-state index is 12.7. The Bertz CT molecular complexity index is 947. The molecule has 1 amide bonds. The number of esters is 1. The molecule has 2 aromatic carbocycles. The van der Waals surface area contributed by atoms with E-state index < -0.39 is 0 Å². The molecule has 7 nitrogen and oxygen atoms in total. The summed E-state index contributed by atoms with van der Waals surface area (Å²) in [6.45, 7) is 2.09. The van der Waals surface area contributed by atoms with Crippen LogP contribution in [0.4, 0.5) is 5.13 Å². The Morgan fingerprint density at radius 1 is 1.07 bits per heavy atom. The minimum atomic E-state index is -0.357. The first kappa shape index (κ1) is 19.8. The standard InChI is InChI=1S/C19H17N3O4S2/c1-2-25-16(23)12-27-19-22-21-18(28-19)20-17(24)14-10-6-7-11-15(14)26-13-8-4-3-5-9-13/h3-11H,2,12H2,1H3,(H,20,21,24). The Labute approximate surface area is 170 Å². The number of rotatable bonds is 8. The number of ether oxygens (including phenoxy) is 2. The van der Waals surface area contributed by atoms with Gasteiger partial charge in [0.2, 0.25) is 5.13 Å². The number of nitrogens with zero attached hydrogens (tertiary/aromatic N) is 2. The van der Waals surface area contributed by atoms with Crippen molar-refractivity contribution in [2.24, 2.45) is 0 Å². The summed E-state index contributed by atoms with van der Waals surface area (Å²) in [6, 6.07) is 16.2. The monoisotopic (exact) mass is 415 g/mol. The Balaban J connectivity index is 1.65. The number of carbonyl (C=O) groups excluding carboxylic acids is 2. The second kappa shape index (κ2) is 9.86. The molecule has 1 heterocycles. The number of aromatic nitrogens is 2. The van der Waals surface area contributed by atoms with Crippen LogP contribution in [0.3, 0.4) is 0 Å². The van der Waals surface area contributed by atoms with Crippen molar-refractivity contribution in [3.05, 3.63) is 60.2 Å². The molecule has 0 bridgehead atoms. The highest BCUT2D eigenvalue weighted by molar-refractivity contribution is 8.01. The summed E-state index contributed by atoms with van der Waals surface area (Å²) < 4.78 is 11.2. The fraction of sp³-hybridized carbons (Fsp3) is 0.158. The first-order chi connectivity index (χ1) is 13.7. The fourth-order valence-corrected chi connectivity index (χ4v) is 3.71. The van der Waals surface area contributed by atoms with Gasteiger partial charge in [-0.2, -0.15) is 0 Å². The highest BCUT2D eigenvalue weighted by Crippen LogP contribution is 2.28. The van der Waals surface area contributed by atoms with Gasteiger partial charge in [-0.1, -0.05) is 53.4 Å². The van der Waals surface area contributed by atoms with Crippen molar-refractivity contribution < 1.29 is 19.1 Å². The number of amides is 1. The van der Waals surface area contributed by atoms with E-state index in [9.17, 15) is 9.59 Å². The summed E-state index contributed by atoms with van der Waals surface area (Å²) in [4.78, 5) is 24.1. The summed E-state index contributed by atoms with van der Waals surface area (Å²) in [7, 11) is 0. The van der Waals surface area contributed by atoms with Gasteiger partial charge < -0.3 is 9.47 Å². The molecule has 0 aliphatic rings. The molecule has 0 saturated heterocycles. The van der Waals surface area contributed by atoms with Crippen LogP contribution in [0.25, 0.3) is 0 Å². The first-order valence-corrected chi connectivity index (χ1v) is 10.2. The SMILES string of the molecule is CCOC(=O)CSc1nnc(NC(=O)c2ccccc2Oc2ccccc2)s1. The Morgan fingerprint density at radius 3 is 2.61 bits per heavy atom. The third-order valence-electron chi connectivity index (χ3n) is 3.35. The van der Waals surface area contributed by atoms with Crippen LogP contribution in [0.2, 0.25) is 0 Å². The molecule has 0 spiro atoms. The quantitative estimate of drug-likeness (QED) is 0.334. The van der Waals surface area contributed by atoms with E-state index >= 15 is 0 Å². The molecule has 0 radical (unpaired) electrons. The lowest BCUT2D eigenvalue weighted by molar-refractivity contribution is -0.139. The van der Waals surface area contributed by atoms with E-state index in [0.29, 0.717) is 33.1 Å². The number of thioether (sulfide) groups is 1. The van der Waals surface area contributed by atoms with Gasteiger partial charge in [0.15, 0.2) is 4.34 Å². The van der Waals surface area contributed by atoms with Crippen LogP contribution in [0.1, 0.15) is 17.3 Å². The van der Waals surface area contributed by atoms with E-state index in [4.69, 9.17) is 9.47 Å². The lowest BCUT2D eigenvalue weighted by atomic mass is 10.2. The summed E-state index contributed by atoms with van der Waals surface area (Å²) in [5.74, 6) is 0.540. The van der Waals surface area contributed by atoms with Gasteiger partial charge in [0.25, 0.3) is 5.91 Å². The lowest BCUT2D eigenvalue weighted by Crippen LogP contribution is -2.12. The van der Waals surface area contributed by atoms with E-state index in [0.717, 1.165) is 0 Å². The number of anilines is 1. The van der Waals surface area contributed by atoms with Gasteiger partial charge in [0, 0.05) is 0 Å². The van der Waals surface area contributed by atoms with Gasteiger partial charge >= 0.3 is 5.97 Å². The Morgan fingerprint density at radius 2 is 1.82 bits per heavy atom.